The van der Waals surface area contributed by atoms with Crippen molar-refractivity contribution in [2.24, 2.45) is 0 Å². The molecule has 2 N–H and O–H groups in total. The molecule has 0 aliphatic heterocycles. The molecule has 0 bridgehead atoms. The lowest BCUT2D eigenvalue weighted by Gasteiger charge is -2.16. The van der Waals surface area contributed by atoms with Crippen LogP contribution in [0.5, 0.6) is 11.5 Å². The SMILES string of the molecule is CCOc1cc(CNc2ccc(C(=O)O)cc2)cc(Cl)c1OCc1ccc(C)cc1. The average molecular weight is 426 g/mol. The second-order valence-corrected chi connectivity index (χ2v) is 7.26. The fourth-order valence-corrected chi connectivity index (χ4v) is 3.19. The van der Waals surface area contributed by atoms with Gasteiger partial charge in [-0.1, -0.05) is 41.4 Å². The summed E-state index contributed by atoms with van der Waals surface area (Å²) in [5, 5.41) is 12.7. The molecule has 5 nitrogen and oxygen atoms in total. The lowest BCUT2D eigenvalue weighted by Crippen LogP contribution is -2.04. The predicted octanol–water partition coefficient (Wildman–Crippen LogP) is 5.94. The number of halogens is 1. The first kappa shape index (κ1) is 21.5. The fraction of sp³-hybridized carbons (Fsp3) is 0.208. The van der Waals surface area contributed by atoms with Gasteiger partial charge in [0.1, 0.15) is 6.61 Å². The summed E-state index contributed by atoms with van der Waals surface area (Å²) < 4.78 is 11.7. The maximum Gasteiger partial charge on any atom is 0.335 e. The molecular formula is C24H24ClNO4. The Morgan fingerprint density at radius 1 is 1.00 bits per heavy atom. The second-order valence-electron chi connectivity index (χ2n) is 6.85. The summed E-state index contributed by atoms with van der Waals surface area (Å²) in [5.41, 5.74) is 4.23. The topological polar surface area (TPSA) is 67.8 Å². The summed E-state index contributed by atoms with van der Waals surface area (Å²) in [6.45, 7) is 5.34. The van der Waals surface area contributed by atoms with Crippen molar-refractivity contribution in [2.75, 3.05) is 11.9 Å². The van der Waals surface area contributed by atoms with Gasteiger partial charge in [0.05, 0.1) is 17.2 Å². The van der Waals surface area contributed by atoms with Crippen molar-refractivity contribution in [3.05, 3.63) is 87.9 Å². The Labute approximate surface area is 181 Å². The minimum absolute atomic E-state index is 0.248. The van der Waals surface area contributed by atoms with Gasteiger partial charge >= 0.3 is 5.97 Å². The Bertz CT molecular complexity index is 1000. The lowest BCUT2D eigenvalue weighted by molar-refractivity contribution is 0.0697. The van der Waals surface area contributed by atoms with Crippen LogP contribution in [0.3, 0.4) is 0 Å². The largest absolute Gasteiger partial charge is 0.490 e. The van der Waals surface area contributed by atoms with Gasteiger partial charge in [-0.05, 0) is 61.4 Å². The number of hydrogen-bond acceptors (Lipinski definition) is 4. The summed E-state index contributed by atoms with van der Waals surface area (Å²) in [6.07, 6.45) is 0. The monoisotopic (exact) mass is 425 g/mol. The molecule has 3 aromatic rings. The van der Waals surface area contributed by atoms with Crippen molar-refractivity contribution in [1.29, 1.82) is 0 Å². The van der Waals surface area contributed by atoms with Crippen molar-refractivity contribution in [1.82, 2.24) is 0 Å². The van der Waals surface area contributed by atoms with Crippen LogP contribution in [0.25, 0.3) is 0 Å². The van der Waals surface area contributed by atoms with E-state index in [0.717, 1.165) is 16.8 Å². The molecule has 0 fully saturated rings. The Morgan fingerprint density at radius 3 is 2.33 bits per heavy atom. The quantitative estimate of drug-likeness (QED) is 0.444. The molecule has 0 atom stereocenters. The first-order chi connectivity index (χ1) is 14.5. The minimum Gasteiger partial charge on any atom is -0.490 e. The van der Waals surface area contributed by atoms with Crippen LogP contribution >= 0.6 is 11.6 Å². The van der Waals surface area contributed by atoms with E-state index in [1.54, 1.807) is 24.3 Å². The maximum absolute atomic E-state index is 11.0. The molecule has 0 aromatic heterocycles. The third-order valence-electron chi connectivity index (χ3n) is 4.50. The Balaban J connectivity index is 1.71. The van der Waals surface area contributed by atoms with Gasteiger partial charge in [-0.25, -0.2) is 4.79 Å². The highest BCUT2D eigenvalue weighted by Crippen LogP contribution is 2.37. The number of anilines is 1. The smallest absolute Gasteiger partial charge is 0.335 e. The summed E-state index contributed by atoms with van der Waals surface area (Å²) >= 11 is 6.50. The molecule has 0 aliphatic carbocycles. The van der Waals surface area contributed by atoms with Gasteiger partial charge in [0.25, 0.3) is 0 Å². The zero-order valence-electron chi connectivity index (χ0n) is 16.9. The minimum atomic E-state index is -0.948. The van der Waals surface area contributed by atoms with E-state index in [2.05, 4.69) is 5.32 Å². The number of rotatable bonds is 9. The molecule has 0 aliphatic rings. The molecule has 0 amide bonds. The standard InChI is InChI=1S/C24H24ClNO4/c1-3-29-22-13-18(14-26-20-10-8-19(9-11-20)24(27)28)12-21(25)23(22)30-15-17-6-4-16(2)5-7-17/h4-13,26H,3,14-15H2,1-2H3,(H,27,28). The number of aryl methyl sites for hydroxylation is 1. The number of carboxylic acid groups (broad SMARTS) is 1. The fourth-order valence-electron chi connectivity index (χ4n) is 2.90. The number of aromatic carboxylic acids is 1. The van der Waals surface area contributed by atoms with Crippen LogP contribution in [0.1, 0.15) is 34.0 Å². The van der Waals surface area contributed by atoms with Gasteiger partial charge < -0.3 is 19.9 Å². The molecule has 0 radical (unpaired) electrons. The molecule has 156 valence electrons. The molecule has 3 aromatic carbocycles. The molecule has 0 saturated heterocycles. The van der Waals surface area contributed by atoms with E-state index < -0.39 is 5.97 Å². The van der Waals surface area contributed by atoms with Crippen LogP contribution in [-0.4, -0.2) is 17.7 Å². The van der Waals surface area contributed by atoms with E-state index >= 15 is 0 Å². The molecule has 30 heavy (non-hydrogen) atoms. The number of hydrogen-bond donors (Lipinski definition) is 2. The maximum atomic E-state index is 11.0. The van der Waals surface area contributed by atoms with Crippen LogP contribution in [0.15, 0.2) is 60.7 Å². The summed E-state index contributed by atoms with van der Waals surface area (Å²) in [5.74, 6) is 0.166. The van der Waals surface area contributed by atoms with Crippen molar-refractivity contribution < 1.29 is 19.4 Å². The van der Waals surface area contributed by atoms with E-state index in [-0.39, 0.29) is 5.56 Å². The summed E-state index contributed by atoms with van der Waals surface area (Å²) in [4.78, 5) is 11.0. The van der Waals surface area contributed by atoms with Crippen LogP contribution in [-0.2, 0) is 13.2 Å². The van der Waals surface area contributed by atoms with Crippen molar-refractivity contribution in [3.8, 4) is 11.5 Å². The van der Waals surface area contributed by atoms with Crippen molar-refractivity contribution in [2.45, 2.75) is 27.0 Å². The van der Waals surface area contributed by atoms with Crippen molar-refractivity contribution >= 4 is 23.3 Å². The normalized spacial score (nSPS) is 10.5. The van der Waals surface area contributed by atoms with Crippen molar-refractivity contribution in [3.63, 3.8) is 0 Å². The van der Waals surface area contributed by atoms with E-state index in [4.69, 9.17) is 26.2 Å². The number of benzene rings is 3. The Morgan fingerprint density at radius 2 is 1.70 bits per heavy atom. The number of carboxylic acids is 1. The van der Waals surface area contributed by atoms with E-state index in [1.807, 2.05) is 50.2 Å². The van der Waals surface area contributed by atoms with Gasteiger partial charge in [0.15, 0.2) is 11.5 Å². The number of nitrogens with one attached hydrogen (secondary N) is 1. The van der Waals surface area contributed by atoms with Gasteiger partial charge in [0.2, 0.25) is 0 Å². The molecule has 0 saturated carbocycles. The van der Waals surface area contributed by atoms with Crippen LogP contribution in [0, 0.1) is 6.92 Å². The third-order valence-corrected chi connectivity index (χ3v) is 4.78. The van der Waals surface area contributed by atoms with Gasteiger partial charge in [-0.15, -0.1) is 0 Å². The highest BCUT2D eigenvalue weighted by molar-refractivity contribution is 6.32. The third kappa shape index (κ3) is 5.67. The Hall–Kier alpha value is -3.18. The van der Waals surface area contributed by atoms with Gasteiger partial charge in [-0.3, -0.25) is 0 Å². The molecule has 0 unspecified atom stereocenters. The lowest BCUT2D eigenvalue weighted by atomic mass is 10.1. The van der Waals surface area contributed by atoms with E-state index in [0.29, 0.717) is 36.3 Å². The Kier molecular flexibility index (Phi) is 7.20. The second kappa shape index (κ2) is 10.0. The number of carbonyl (C=O) groups is 1. The van der Waals surface area contributed by atoms with Crippen LogP contribution in [0.4, 0.5) is 5.69 Å². The number of ether oxygens (including phenoxy) is 2. The highest BCUT2D eigenvalue weighted by atomic mass is 35.5. The first-order valence-corrected chi connectivity index (χ1v) is 10.0. The van der Waals surface area contributed by atoms with Crippen LogP contribution < -0.4 is 14.8 Å². The van der Waals surface area contributed by atoms with Gasteiger partial charge in [-0.2, -0.15) is 0 Å². The molecular weight excluding hydrogens is 402 g/mol. The molecule has 0 heterocycles. The average Bonchev–Trinajstić information content (AvgIpc) is 2.73. The molecule has 6 heteroatoms. The van der Waals surface area contributed by atoms with Gasteiger partial charge in [0, 0.05) is 12.2 Å². The summed E-state index contributed by atoms with van der Waals surface area (Å²) in [6, 6.07) is 18.5. The predicted molar refractivity (Wildman–Crippen MR) is 119 cm³/mol. The highest BCUT2D eigenvalue weighted by Gasteiger charge is 2.13. The first-order valence-electron chi connectivity index (χ1n) is 9.67. The summed E-state index contributed by atoms with van der Waals surface area (Å²) in [7, 11) is 0. The van der Waals surface area contributed by atoms with Crippen LogP contribution in [0.2, 0.25) is 5.02 Å². The molecule has 0 spiro atoms. The zero-order valence-corrected chi connectivity index (χ0v) is 17.7. The zero-order chi connectivity index (χ0) is 21.5. The van der Waals surface area contributed by atoms with E-state index in [1.165, 1.54) is 5.56 Å². The molecule has 3 rings (SSSR count). The van der Waals surface area contributed by atoms with E-state index in [9.17, 15) is 4.79 Å².